The number of hydrogen-bond donors (Lipinski definition) is 1. The van der Waals surface area contributed by atoms with Crippen molar-refractivity contribution < 1.29 is 4.74 Å². The summed E-state index contributed by atoms with van der Waals surface area (Å²) in [6, 6.07) is 7.63. The molecule has 0 aliphatic rings. The number of anilines is 1. The lowest BCUT2D eigenvalue weighted by molar-refractivity contribution is 0.431. The van der Waals surface area contributed by atoms with Gasteiger partial charge in [-0.25, -0.2) is 0 Å². The van der Waals surface area contributed by atoms with Gasteiger partial charge in [0.25, 0.3) is 0 Å². The minimum Gasteiger partial charge on any atom is -0.423 e. The number of nitrogens with zero attached hydrogens (tertiary/aromatic N) is 3. The maximum atomic E-state index is 5.66. The number of aromatic nitrogens is 3. The molecule has 0 bridgehead atoms. The highest BCUT2D eigenvalue weighted by Crippen LogP contribution is 2.30. The van der Waals surface area contributed by atoms with E-state index < -0.39 is 0 Å². The van der Waals surface area contributed by atoms with E-state index in [4.69, 9.17) is 22.1 Å². The molecule has 17 heavy (non-hydrogen) atoms. The van der Waals surface area contributed by atoms with Gasteiger partial charge in [0.15, 0.2) is 0 Å². The summed E-state index contributed by atoms with van der Waals surface area (Å²) in [5.41, 5.74) is 5.45. The summed E-state index contributed by atoms with van der Waals surface area (Å²) in [6.07, 6.45) is 1.96. The molecule has 0 amide bonds. The number of benzene rings is 1. The van der Waals surface area contributed by atoms with E-state index in [9.17, 15) is 0 Å². The Bertz CT molecular complexity index is 517. The number of rotatable bonds is 3. The van der Waals surface area contributed by atoms with Crippen LogP contribution in [0, 0.1) is 0 Å². The predicted octanol–water partition coefficient (Wildman–Crippen LogP) is 2.62. The monoisotopic (exact) mass is 268 g/mol. The molecule has 0 aliphatic carbocycles. The number of hydrogen-bond acceptors (Lipinski definition) is 6. The fraction of sp³-hybridized carbons (Fsp3) is 0.100. The van der Waals surface area contributed by atoms with Crippen LogP contribution in [0.2, 0.25) is 5.28 Å². The number of nitrogens with two attached hydrogens (primary N) is 1. The third-order valence-electron chi connectivity index (χ3n) is 1.88. The van der Waals surface area contributed by atoms with Gasteiger partial charge < -0.3 is 10.5 Å². The van der Waals surface area contributed by atoms with Crippen LogP contribution >= 0.6 is 23.4 Å². The average molecular weight is 269 g/mol. The van der Waals surface area contributed by atoms with Crippen molar-refractivity contribution in [3.63, 3.8) is 0 Å². The summed E-state index contributed by atoms with van der Waals surface area (Å²) in [6.45, 7) is 0. The third-order valence-corrected chi connectivity index (χ3v) is 2.82. The summed E-state index contributed by atoms with van der Waals surface area (Å²) < 4.78 is 5.51. The van der Waals surface area contributed by atoms with Gasteiger partial charge in [-0.3, -0.25) is 0 Å². The Morgan fingerprint density at radius 3 is 2.71 bits per heavy atom. The van der Waals surface area contributed by atoms with E-state index in [0.717, 1.165) is 4.90 Å². The van der Waals surface area contributed by atoms with E-state index in [2.05, 4.69) is 15.0 Å². The number of halogens is 1. The zero-order chi connectivity index (χ0) is 12.3. The lowest BCUT2D eigenvalue weighted by Gasteiger charge is -2.07. The van der Waals surface area contributed by atoms with Gasteiger partial charge in [-0.1, -0.05) is 12.1 Å². The van der Waals surface area contributed by atoms with E-state index in [1.165, 1.54) is 0 Å². The fourth-order valence-corrected chi connectivity index (χ4v) is 1.88. The average Bonchev–Trinajstić information content (AvgIpc) is 2.28. The molecule has 1 heterocycles. The Morgan fingerprint density at radius 2 is 2.00 bits per heavy atom. The molecule has 0 aliphatic heterocycles. The molecule has 2 aromatic rings. The highest BCUT2D eigenvalue weighted by Gasteiger charge is 2.07. The van der Waals surface area contributed by atoms with E-state index in [1.54, 1.807) is 11.8 Å². The smallest absolute Gasteiger partial charge is 0.328 e. The zero-order valence-corrected chi connectivity index (χ0v) is 10.5. The Labute approximate surface area is 107 Å². The van der Waals surface area contributed by atoms with Crippen LogP contribution in [0.4, 0.5) is 5.95 Å². The second kappa shape index (κ2) is 5.20. The fourth-order valence-electron chi connectivity index (χ4n) is 1.19. The van der Waals surface area contributed by atoms with Crippen LogP contribution in [0.25, 0.3) is 0 Å². The van der Waals surface area contributed by atoms with Crippen LogP contribution < -0.4 is 10.5 Å². The molecule has 88 valence electrons. The lowest BCUT2D eigenvalue weighted by atomic mass is 10.3. The van der Waals surface area contributed by atoms with E-state index in [0.29, 0.717) is 5.75 Å². The van der Waals surface area contributed by atoms with Gasteiger partial charge in [0.2, 0.25) is 11.2 Å². The minimum absolute atomic E-state index is 0.00846. The molecule has 1 aromatic carbocycles. The SMILES string of the molecule is CSc1ccccc1Oc1nc(N)nc(Cl)n1. The van der Waals surface area contributed by atoms with E-state index in [1.807, 2.05) is 30.5 Å². The molecule has 7 heteroatoms. The largest absolute Gasteiger partial charge is 0.423 e. The first-order valence-electron chi connectivity index (χ1n) is 4.67. The van der Waals surface area contributed by atoms with Gasteiger partial charge in [-0.15, -0.1) is 11.8 Å². The second-order valence-electron chi connectivity index (χ2n) is 3.00. The standard InChI is InChI=1S/C10H9ClN4OS/c1-17-7-5-3-2-4-6(7)16-10-14-8(11)13-9(12)15-10/h2-5H,1H3,(H2,12,13,14,15). The first-order valence-corrected chi connectivity index (χ1v) is 6.27. The maximum Gasteiger partial charge on any atom is 0.328 e. The summed E-state index contributed by atoms with van der Waals surface area (Å²) in [7, 11) is 0. The molecule has 5 nitrogen and oxygen atoms in total. The molecule has 0 radical (unpaired) electrons. The van der Waals surface area contributed by atoms with Crippen molar-refractivity contribution in [2.75, 3.05) is 12.0 Å². The molecular formula is C10H9ClN4OS. The van der Waals surface area contributed by atoms with Crippen LogP contribution in [0.5, 0.6) is 11.8 Å². The van der Waals surface area contributed by atoms with Gasteiger partial charge >= 0.3 is 6.01 Å². The van der Waals surface area contributed by atoms with Gasteiger partial charge in [0.1, 0.15) is 5.75 Å². The Kier molecular flexibility index (Phi) is 3.65. The molecule has 1 aromatic heterocycles. The van der Waals surface area contributed by atoms with Crippen molar-refractivity contribution >= 4 is 29.3 Å². The molecule has 2 rings (SSSR count). The summed E-state index contributed by atoms with van der Waals surface area (Å²) >= 11 is 7.23. The number of nitrogen functional groups attached to an aromatic ring is 1. The van der Waals surface area contributed by atoms with Crippen LogP contribution in [0.3, 0.4) is 0 Å². The lowest BCUT2D eigenvalue weighted by Crippen LogP contribution is -2.00. The van der Waals surface area contributed by atoms with Crippen LogP contribution in [-0.2, 0) is 0 Å². The van der Waals surface area contributed by atoms with Crippen LogP contribution in [0.1, 0.15) is 0 Å². The van der Waals surface area contributed by atoms with Crippen molar-refractivity contribution in [2.24, 2.45) is 0 Å². The van der Waals surface area contributed by atoms with Gasteiger partial charge in [0, 0.05) is 4.90 Å². The zero-order valence-electron chi connectivity index (χ0n) is 8.92. The quantitative estimate of drug-likeness (QED) is 0.863. The number of thioether (sulfide) groups is 1. The van der Waals surface area contributed by atoms with E-state index >= 15 is 0 Å². The molecule has 0 saturated carbocycles. The normalized spacial score (nSPS) is 10.2. The molecule has 0 saturated heterocycles. The topological polar surface area (TPSA) is 73.9 Å². The number of ether oxygens (including phenoxy) is 1. The molecular weight excluding hydrogens is 260 g/mol. The molecule has 0 atom stereocenters. The van der Waals surface area contributed by atoms with Crippen molar-refractivity contribution in [1.82, 2.24) is 15.0 Å². The van der Waals surface area contributed by atoms with Crippen molar-refractivity contribution in [1.29, 1.82) is 0 Å². The van der Waals surface area contributed by atoms with Crippen molar-refractivity contribution in [3.05, 3.63) is 29.5 Å². The van der Waals surface area contributed by atoms with Gasteiger partial charge in [-0.05, 0) is 30.0 Å². The van der Waals surface area contributed by atoms with Crippen LogP contribution in [0.15, 0.2) is 29.2 Å². The van der Waals surface area contributed by atoms with Crippen molar-refractivity contribution in [3.8, 4) is 11.8 Å². The Hall–Kier alpha value is -1.53. The molecule has 0 fully saturated rings. The number of para-hydroxylation sites is 1. The molecule has 0 unspecified atom stereocenters. The molecule has 0 spiro atoms. The van der Waals surface area contributed by atoms with E-state index in [-0.39, 0.29) is 17.2 Å². The first kappa shape index (κ1) is 11.9. The first-order chi connectivity index (χ1) is 8.19. The minimum atomic E-state index is 0.00846. The summed E-state index contributed by atoms with van der Waals surface area (Å²) in [5.74, 6) is 0.684. The molecule has 2 N–H and O–H groups in total. The van der Waals surface area contributed by atoms with Crippen LogP contribution in [-0.4, -0.2) is 21.2 Å². The predicted molar refractivity (Wildman–Crippen MR) is 67.5 cm³/mol. The van der Waals surface area contributed by atoms with Crippen molar-refractivity contribution in [2.45, 2.75) is 4.90 Å². The summed E-state index contributed by atoms with van der Waals surface area (Å²) in [4.78, 5) is 12.3. The maximum absolute atomic E-state index is 5.66. The second-order valence-corrected chi connectivity index (χ2v) is 4.18. The van der Waals surface area contributed by atoms with Gasteiger partial charge in [0.05, 0.1) is 0 Å². The Balaban J connectivity index is 2.31. The highest BCUT2D eigenvalue weighted by molar-refractivity contribution is 7.98. The summed E-state index contributed by atoms with van der Waals surface area (Å²) in [5, 5.41) is 0.00846. The Morgan fingerprint density at radius 1 is 1.24 bits per heavy atom. The third kappa shape index (κ3) is 2.98. The highest BCUT2D eigenvalue weighted by atomic mass is 35.5. The van der Waals surface area contributed by atoms with Gasteiger partial charge in [-0.2, -0.15) is 15.0 Å².